The van der Waals surface area contributed by atoms with Crippen molar-refractivity contribution >= 4 is 23.9 Å². The Kier molecular flexibility index (Phi) is 3.15. The molecule has 0 amide bonds. The maximum atomic E-state index is 11.1. The highest BCUT2D eigenvalue weighted by atomic mass is 32.1. The van der Waals surface area contributed by atoms with E-state index in [0.29, 0.717) is 10.5 Å². The Bertz CT molecular complexity index is 601. The van der Waals surface area contributed by atoms with Gasteiger partial charge < -0.3 is 10.4 Å². The van der Waals surface area contributed by atoms with Gasteiger partial charge in [0.2, 0.25) is 4.77 Å². The molecule has 2 aromatic rings. The number of amidine groups is 1. The molecule has 0 spiro atoms. The second kappa shape index (κ2) is 4.74. The van der Waals surface area contributed by atoms with E-state index in [1.165, 1.54) is 11.7 Å². The number of rotatable bonds is 2. The molecule has 1 aromatic heterocycles. The number of nitrogens with one attached hydrogen (secondary N) is 2. The number of hydrogen-bond acceptors (Lipinski definition) is 5. The molecule has 0 aliphatic rings. The first-order valence-corrected chi connectivity index (χ1v) is 5.13. The molecule has 2 rings (SSSR count). The highest BCUT2D eigenvalue weighted by Gasteiger charge is 2.00. The van der Waals surface area contributed by atoms with Gasteiger partial charge in [-0.15, -0.1) is 0 Å². The molecule has 1 aromatic carbocycles. The average Bonchev–Trinajstić information content (AvgIpc) is 2.75. The molecule has 0 fully saturated rings. The third-order valence-electron chi connectivity index (χ3n) is 2.03. The van der Waals surface area contributed by atoms with E-state index in [9.17, 15) is 5.11 Å². The monoisotopic (exact) mass is 249 g/mol. The normalized spacial score (nSPS) is 11.5. The van der Waals surface area contributed by atoms with Gasteiger partial charge in [0.15, 0.2) is 0 Å². The molecule has 0 bridgehead atoms. The second-order valence-corrected chi connectivity index (χ2v) is 3.49. The van der Waals surface area contributed by atoms with E-state index in [4.69, 9.17) is 12.2 Å². The fraction of sp³-hybridized carbons (Fsp3) is 0.111. The van der Waals surface area contributed by atoms with Gasteiger partial charge in [0, 0.05) is 12.7 Å². The average molecular weight is 249 g/mol. The topological polar surface area (TPSA) is 94.0 Å². The molecule has 0 saturated carbocycles. The minimum absolute atomic E-state index is 0.314. The summed E-state index contributed by atoms with van der Waals surface area (Å²) >= 11 is 4.97. The van der Waals surface area contributed by atoms with Crippen LogP contribution in [-0.4, -0.2) is 33.3 Å². The quantitative estimate of drug-likeness (QED) is 0.446. The third kappa shape index (κ3) is 2.48. The summed E-state index contributed by atoms with van der Waals surface area (Å²) in [7, 11) is 1.42. The molecule has 0 aliphatic carbocycles. The summed E-state index contributed by atoms with van der Waals surface area (Å²) in [6.07, 6.45) is 0. The Labute approximate surface area is 102 Å². The van der Waals surface area contributed by atoms with Gasteiger partial charge in [0.25, 0.3) is 0 Å². The van der Waals surface area contributed by atoms with E-state index in [1.807, 2.05) is 6.07 Å². The summed E-state index contributed by atoms with van der Waals surface area (Å²) in [6.45, 7) is 0. The number of aliphatic imine (C=N–C) groups is 1. The predicted molar refractivity (Wildman–Crippen MR) is 63.5 cm³/mol. The largest absolute Gasteiger partial charge is 0.846 e. The molecule has 1 heterocycles. The smallest absolute Gasteiger partial charge is 0.242 e. The minimum atomic E-state index is -0.409. The lowest BCUT2D eigenvalue weighted by atomic mass is 10.3. The molecule has 2 N–H and O–H groups in total. The number of benzene rings is 1. The number of H-pyrrole nitrogens is 1. The van der Waals surface area contributed by atoms with Crippen molar-refractivity contribution in [3.05, 3.63) is 29.0 Å². The van der Waals surface area contributed by atoms with Crippen molar-refractivity contribution in [2.24, 2.45) is 4.99 Å². The molecule has 0 radical (unpaired) electrons. The van der Waals surface area contributed by atoms with Crippen molar-refractivity contribution in [1.82, 2.24) is 20.2 Å². The predicted octanol–water partition coefficient (Wildman–Crippen LogP) is 0.0829. The van der Waals surface area contributed by atoms with Crippen LogP contribution in [0.2, 0.25) is 0 Å². The first-order valence-electron chi connectivity index (χ1n) is 4.72. The van der Waals surface area contributed by atoms with Crippen LogP contribution in [0.1, 0.15) is 0 Å². The molecule has 0 aliphatic heterocycles. The van der Waals surface area contributed by atoms with Crippen LogP contribution >= 0.6 is 12.2 Å². The summed E-state index contributed by atoms with van der Waals surface area (Å²) in [5, 5.41) is 23.6. The second-order valence-electron chi connectivity index (χ2n) is 3.12. The summed E-state index contributed by atoms with van der Waals surface area (Å²) in [5.41, 5.74) is 1.35. The van der Waals surface area contributed by atoms with Gasteiger partial charge in [-0.3, -0.25) is 4.99 Å². The van der Waals surface area contributed by atoms with Crippen molar-refractivity contribution in [2.75, 3.05) is 12.4 Å². The Morgan fingerprint density at radius 2 is 2.41 bits per heavy atom. The van der Waals surface area contributed by atoms with Crippen LogP contribution < -0.4 is 10.4 Å². The summed E-state index contributed by atoms with van der Waals surface area (Å²) in [6, 6.07) is 6.67. The molecular weight excluding hydrogens is 240 g/mol. The zero-order valence-electron chi connectivity index (χ0n) is 8.91. The van der Waals surface area contributed by atoms with Crippen molar-refractivity contribution < 1.29 is 5.11 Å². The first-order chi connectivity index (χ1) is 8.20. The minimum Gasteiger partial charge on any atom is -0.846 e. The van der Waals surface area contributed by atoms with E-state index in [0.717, 1.165) is 5.69 Å². The van der Waals surface area contributed by atoms with Gasteiger partial charge >= 0.3 is 0 Å². The SMILES string of the molecule is CN=C([O-])Nc1cccc(-n2[nH]nnc2=S)c1. The molecule has 8 heteroatoms. The number of anilines is 1. The summed E-state index contributed by atoms with van der Waals surface area (Å²) in [4.78, 5) is 3.48. The van der Waals surface area contributed by atoms with Gasteiger partial charge in [0.1, 0.15) is 0 Å². The molecule has 0 atom stereocenters. The Hall–Kier alpha value is -2.22. The van der Waals surface area contributed by atoms with Gasteiger partial charge in [-0.05, 0) is 30.4 Å². The van der Waals surface area contributed by atoms with Crippen LogP contribution in [0.3, 0.4) is 0 Å². The van der Waals surface area contributed by atoms with Crippen molar-refractivity contribution in [3.8, 4) is 5.69 Å². The Morgan fingerprint density at radius 3 is 3.06 bits per heavy atom. The maximum absolute atomic E-state index is 11.1. The van der Waals surface area contributed by atoms with Crippen LogP contribution in [0.15, 0.2) is 29.3 Å². The van der Waals surface area contributed by atoms with E-state index in [2.05, 4.69) is 25.8 Å². The molecule has 7 nitrogen and oxygen atoms in total. The Balaban J connectivity index is 2.35. The van der Waals surface area contributed by atoms with Crippen LogP contribution in [-0.2, 0) is 0 Å². The number of tetrazole rings is 1. The number of hydrogen-bond donors (Lipinski definition) is 2. The standard InChI is InChI=1S/C9H10N6OS/c1-10-8(16)11-6-3-2-4-7(5-6)15-9(17)12-13-14-15/h2-5H,1H3,(H2,10,11,16)(H,12,14,17)/p-1. The molecule has 0 saturated heterocycles. The lowest BCUT2D eigenvalue weighted by Gasteiger charge is -2.13. The molecule has 0 unspecified atom stereocenters. The van der Waals surface area contributed by atoms with Gasteiger partial charge in [-0.25, -0.2) is 4.68 Å². The van der Waals surface area contributed by atoms with Crippen molar-refractivity contribution in [1.29, 1.82) is 0 Å². The maximum Gasteiger partial charge on any atom is 0.242 e. The fourth-order valence-corrected chi connectivity index (χ4v) is 1.45. The van der Waals surface area contributed by atoms with Crippen LogP contribution in [0.4, 0.5) is 5.69 Å². The van der Waals surface area contributed by atoms with Crippen LogP contribution in [0.25, 0.3) is 5.69 Å². The number of nitrogens with zero attached hydrogens (tertiary/aromatic N) is 4. The van der Waals surface area contributed by atoms with E-state index < -0.39 is 6.02 Å². The van der Waals surface area contributed by atoms with Gasteiger partial charge in [-0.1, -0.05) is 16.4 Å². The Morgan fingerprint density at radius 1 is 1.59 bits per heavy atom. The number of aromatic amines is 1. The first kappa shape index (κ1) is 11.3. The van der Waals surface area contributed by atoms with E-state index in [1.54, 1.807) is 18.2 Å². The van der Waals surface area contributed by atoms with Gasteiger partial charge in [0.05, 0.1) is 11.7 Å². The number of aromatic nitrogens is 4. The van der Waals surface area contributed by atoms with Crippen LogP contribution in [0.5, 0.6) is 0 Å². The van der Waals surface area contributed by atoms with Crippen molar-refractivity contribution in [3.63, 3.8) is 0 Å². The van der Waals surface area contributed by atoms with E-state index in [-0.39, 0.29) is 0 Å². The molecule has 88 valence electrons. The van der Waals surface area contributed by atoms with Crippen LogP contribution in [0, 0.1) is 4.77 Å². The highest BCUT2D eigenvalue weighted by molar-refractivity contribution is 7.71. The van der Waals surface area contributed by atoms with Gasteiger partial charge in [-0.2, -0.15) is 5.21 Å². The fourth-order valence-electron chi connectivity index (χ4n) is 1.27. The zero-order chi connectivity index (χ0) is 12.3. The summed E-state index contributed by atoms with van der Waals surface area (Å²) < 4.78 is 1.84. The molecular formula is C9H9N6OS-. The molecule has 17 heavy (non-hydrogen) atoms. The summed E-state index contributed by atoms with van der Waals surface area (Å²) in [5.74, 6) is 0. The van der Waals surface area contributed by atoms with E-state index >= 15 is 0 Å². The highest BCUT2D eigenvalue weighted by Crippen LogP contribution is 2.13. The lowest BCUT2D eigenvalue weighted by Crippen LogP contribution is -2.26. The van der Waals surface area contributed by atoms with Crippen molar-refractivity contribution in [2.45, 2.75) is 0 Å². The zero-order valence-corrected chi connectivity index (χ0v) is 9.73. The third-order valence-corrected chi connectivity index (χ3v) is 2.29. The lowest BCUT2D eigenvalue weighted by molar-refractivity contribution is -0.214.